The van der Waals surface area contributed by atoms with Gasteiger partial charge in [-0.1, -0.05) is 13.2 Å². The summed E-state index contributed by atoms with van der Waals surface area (Å²) in [7, 11) is 0. The van der Waals surface area contributed by atoms with Crippen molar-refractivity contribution >= 4 is 31.2 Å². The fraction of sp³-hybridized carbons (Fsp3) is 0.409. The van der Waals surface area contributed by atoms with E-state index in [-0.39, 0.29) is 29.3 Å². The van der Waals surface area contributed by atoms with Crippen molar-refractivity contribution in [1.82, 2.24) is 14.7 Å². The molecule has 192 valence electrons. The predicted octanol–water partition coefficient (Wildman–Crippen LogP) is 1.13. The highest BCUT2D eigenvalue weighted by atomic mass is 19.4. The van der Waals surface area contributed by atoms with E-state index in [4.69, 9.17) is 4.74 Å². The number of aromatic amines is 1. The number of carbonyl (C=O) groups is 2. The number of hydrazone groups is 1. The maximum atomic E-state index is 13.8. The van der Waals surface area contributed by atoms with E-state index in [1.54, 1.807) is 20.8 Å². The van der Waals surface area contributed by atoms with Gasteiger partial charge in [0, 0.05) is 12.3 Å². The lowest BCUT2D eigenvalue weighted by atomic mass is 10.1. The van der Waals surface area contributed by atoms with Crippen LogP contribution in [-0.2, 0) is 9.53 Å². The molecular weight excluding hydrogens is 471 g/mol. The molecule has 0 aromatic carbocycles. The Morgan fingerprint density at radius 2 is 1.89 bits per heavy atom. The van der Waals surface area contributed by atoms with Gasteiger partial charge < -0.3 is 14.5 Å². The molecule has 0 saturated heterocycles. The molecule has 0 aliphatic rings. The summed E-state index contributed by atoms with van der Waals surface area (Å²) in [6, 6.07) is -1.62. The van der Waals surface area contributed by atoms with E-state index in [0.29, 0.717) is 17.2 Å². The summed E-state index contributed by atoms with van der Waals surface area (Å²) in [5.41, 5.74) is -3.85. The molecule has 1 aromatic rings. The summed E-state index contributed by atoms with van der Waals surface area (Å²) in [4.78, 5) is 51.2. The van der Waals surface area contributed by atoms with Gasteiger partial charge >= 0.3 is 18.0 Å². The Bertz CT molecular complexity index is 1240. The Morgan fingerprint density at radius 3 is 2.34 bits per heavy atom. The minimum absolute atomic E-state index is 0.101. The number of hydrogen-bond acceptors (Lipinski definition) is 7. The molecule has 1 unspecified atom stereocenters. The zero-order valence-electron chi connectivity index (χ0n) is 20.0. The first-order chi connectivity index (χ1) is 16.2. The normalized spacial score (nSPS) is 13.7. The largest absolute Gasteiger partial charge is 0.448 e. The summed E-state index contributed by atoms with van der Waals surface area (Å²) in [6.45, 7) is 14.6. The quantitative estimate of drug-likeness (QED) is 0.236. The zero-order valence-corrected chi connectivity index (χ0v) is 20.0. The van der Waals surface area contributed by atoms with Crippen LogP contribution in [-0.4, -0.2) is 58.1 Å². The van der Waals surface area contributed by atoms with Crippen molar-refractivity contribution in [2.45, 2.75) is 52.9 Å². The van der Waals surface area contributed by atoms with Crippen LogP contribution in [0.2, 0.25) is 0 Å². The third-order valence-corrected chi connectivity index (χ3v) is 4.44. The zero-order chi connectivity index (χ0) is 27.1. The maximum Gasteiger partial charge on any atom is 0.429 e. The van der Waals surface area contributed by atoms with Gasteiger partial charge in [0.2, 0.25) is 0 Å². The fourth-order valence-electron chi connectivity index (χ4n) is 2.85. The van der Waals surface area contributed by atoms with Crippen LogP contribution in [0.5, 0.6) is 0 Å². The second-order valence-corrected chi connectivity index (χ2v) is 7.40. The first kappa shape index (κ1) is 29.1. The van der Waals surface area contributed by atoms with Crippen LogP contribution in [0.1, 0.15) is 34.6 Å². The van der Waals surface area contributed by atoms with E-state index in [1.165, 1.54) is 25.1 Å². The van der Waals surface area contributed by atoms with Gasteiger partial charge in [-0.2, -0.15) is 28.0 Å². The van der Waals surface area contributed by atoms with Crippen LogP contribution in [0.3, 0.4) is 0 Å². The van der Waals surface area contributed by atoms with Crippen LogP contribution < -0.4 is 26.8 Å². The molecule has 0 bridgehead atoms. The number of rotatable bonds is 9. The molecule has 1 heterocycles. The molecule has 0 spiro atoms. The number of nitrogens with one attached hydrogen (secondary N) is 1. The van der Waals surface area contributed by atoms with Gasteiger partial charge in [0.25, 0.3) is 5.56 Å². The predicted molar refractivity (Wildman–Crippen MR) is 126 cm³/mol. The minimum Gasteiger partial charge on any atom is -0.448 e. The second-order valence-electron chi connectivity index (χ2n) is 7.40. The van der Waals surface area contributed by atoms with Gasteiger partial charge in [-0.15, -0.1) is 0 Å². The van der Waals surface area contributed by atoms with Gasteiger partial charge in [0.1, 0.15) is 12.3 Å². The first-order valence-corrected chi connectivity index (χ1v) is 10.4. The molecule has 10 nitrogen and oxygen atoms in total. The Hall–Kier alpha value is -3.90. The number of hydrogen-bond donors (Lipinski definition) is 1. The van der Waals surface area contributed by atoms with Crippen molar-refractivity contribution in [2.75, 3.05) is 11.6 Å². The van der Waals surface area contributed by atoms with Gasteiger partial charge in [0.15, 0.2) is 0 Å². The highest BCUT2D eigenvalue weighted by molar-refractivity contribution is 5.83. The summed E-state index contributed by atoms with van der Waals surface area (Å²) in [5, 5.41) is 4.56. The number of halogens is 3. The number of aldehydes is 1. The summed E-state index contributed by atoms with van der Waals surface area (Å²) in [5.74, 6) is 0. The molecule has 1 amide bonds. The van der Waals surface area contributed by atoms with E-state index in [1.807, 2.05) is 0 Å². The van der Waals surface area contributed by atoms with E-state index >= 15 is 0 Å². The van der Waals surface area contributed by atoms with Crippen molar-refractivity contribution < 1.29 is 27.5 Å². The van der Waals surface area contributed by atoms with Crippen molar-refractivity contribution in [2.24, 2.45) is 5.10 Å². The molecule has 0 radical (unpaired) electrons. The van der Waals surface area contributed by atoms with Crippen molar-refractivity contribution in [3.05, 3.63) is 55.3 Å². The number of carbonyl (C=O) groups excluding carboxylic acids is 2. The van der Waals surface area contributed by atoms with Crippen LogP contribution in [0.15, 0.2) is 38.6 Å². The molecule has 1 N–H and O–H groups in total. The number of ether oxygens (including phenoxy) is 1. The number of alkyl halides is 3. The lowest BCUT2D eigenvalue weighted by molar-refractivity contribution is -0.109. The molecule has 1 aromatic heterocycles. The SMILES string of the molecule is C=C(C=C(C=c1[nH]c(=O)n(N(C(=O)OCC)C(C)C=O)c(=O)c1=C)C(F)(F)F)N(N=CC)C(C)C. The monoisotopic (exact) mass is 499 g/mol. The maximum absolute atomic E-state index is 13.8. The van der Waals surface area contributed by atoms with Gasteiger partial charge in [-0.05, 0) is 46.8 Å². The number of aromatic nitrogens is 2. The minimum atomic E-state index is -4.90. The standard InChI is InChI=1S/C22H28F3N5O5/c1-8-26-28(13(3)4)14(5)10-17(22(23,24)25)11-18-16(7)19(32)30(20(33)27-18)29(15(6)12-31)21(34)35-9-2/h8,10-13,15H,5,7,9H2,1-4,6H3,(H,27,33). The Balaban J connectivity index is 3.86. The third kappa shape index (κ3) is 7.04. The van der Waals surface area contributed by atoms with Crippen molar-refractivity contribution in [1.29, 1.82) is 0 Å². The van der Waals surface area contributed by atoms with Gasteiger partial charge in [0.05, 0.1) is 28.4 Å². The molecule has 0 aliphatic carbocycles. The van der Waals surface area contributed by atoms with E-state index < -0.39 is 45.7 Å². The number of nitrogens with zero attached hydrogens (tertiary/aromatic N) is 4. The molecule has 0 saturated carbocycles. The number of allylic oxidation sites excluding steroid dienone is 2. The molecular formula is C22H28F3N5O5. The smallest absolute Gasteiger partial charge is 0.429 e. The molecule has 35 heavy (non-hydrogen) atoms. The molecule has 0 aliphatic heterocycles. The van der Waals surface area contributed by atoms with Crippen LogP contribution in [0, 0.1) is 0 Å². The highest BCUT2D eigenvalue weighted by Crippen LogP contribution is 2.28. The van der Waals surface area contributed by atoms with Crippen LogP contribution >= 0.6 is 0 Å². The molecule has 1 atom stereocenters. The third-order valence-electron chi connectivity index (χ3n) is 4.44. The topological polar surface area (TPSA) is 117 Å². The van der Waals surface area contributed by atoms with E-state index in [2.05, 4.69) is 23.2 Å². The lowest BCUT2D eigenvalue weighted by Crippen LogP contribution is -2.64. The fourth-order valence-corrected chi connectivity index (χ4v) is 2.85. The Morgan fingerprint density at radius 1 is 1.29 bits per heavy atom. The van der Waals surface area contributed by atoms with Crippen LogP contribution in [0.4, 0.5) is 18.0 Å². The molecule has 0 fully saturated rings. The lowest BCUT2D eigenvalue weighted by Gasteiger charge is -2.25. The van der Waals surface area contributed by atoms with Crippen LogP contribution in [0.25, 0.3) is 12.7 Å². The average molecular weight is 499 g/mol. The summed E-state index contributed by atoms with van der Waals surface area (Å²) >= 11 is 0. The molecule has 13 heteroatoms. The van der Waals surface area contributed by atoms with Crippen molar-refractivity contribution in [3.8, 4) is 0 Å². The first-order valence-electron chi connectivity index (χ1n) is 10.4. The van der Waals surface area contributed by atoms with Gasteiger partial charge in [-0.3, -0.25) is 9.80 Å². The number of H-pyrrole nitrogens is 1. The summed E-state index contributed by atoms with van der Waals surface area (Å²) in [6.07, 6.45) is -3.20. The highest BCUT2D eigenvalue weighted by Gasteiger charge is 2.33. The molecule has 1 rings (SSSR count). The van der Waals surface area contributed by atoms with E-state index in [9.17, 15) is 32.3 Å². The summed E-state index contributed by atoms with van der Waals surface area (Å²) < 4.78 is 46.4. The Kier molecular flexibility index (Phi) is 9.98. The Labute approximate surface area is 199 Å². The number of amides is 1. The van der Waals surface area contributed by atoms with E-state index in [0.717, 1.165) is 0 Å². The van der Waals surface area contributed by atoms with Gasteiger partial charge in [-0.25, -0.2) is 9.59 Å². The van der Waals surface area contributed by atoms with Crippen molar-refractivity contribution in [3.63, 3.8) is 0 Å². The second kappa shape index (κ2) is 12.0. The average Bonchev–Trinajstić information content (AvgIpc) is 2.76.